The minimum Gasteiger partial charge on any atom is -0.372 e. The van der Waals surface area contributed by atoms with Gasteiger partial charge in [0.1, 0.15) is 5.69 Å². The molecule has 1 aliphatic heterocycles. The fourth-order valence-electron chi connectivity index (χ4n) is 3.73. The number of anilines is 1. The van der Waals surface area contributed by atoms with Gasteiger partial charge in [0, 0.05) is 31.4 Å². The average Bonchev–Trinajstić information content (AvgIpc) is 3.39. The zero-order chi connectivity index (χ0) is 19.5. The molecule has 1 N–H and O–H groups in total. The first-order valence-electron chi connectivity index (χ1n) is 9.87. The highest BCUT2D eigenvalue weighted by atomic mass is 16.2. The number of rotatable bonds is 5. The van der Waals surface area contributed by atoms with Gasteiger partial charge in [-0.2, -0.15) is 5.10 Å². The van der Waals surface area contributed by atoms with Crippen molar-refractivity contribution in [3.05, 3.63) is 71.9 Å². The average molecular weight is 374 g/mol. The molecule has 0 bridgehead atoms. The van der Waals surface area contributed by atoms with Gasteiger partial charge in [-0.25, -0.2) is 0 Å². The molecule has 3 aromatic rings. The van der Waals surface area contributed by atoms with Crippen molar-refractivity contribution in [2.24, 2.45) is 7.05 Å². The highest BCUT2D eigenvalue weighted by molar-refractivity contribution is 5.94. The number of carbonyl (C=O) groups excluding carboxylic acids is 1. The van der Waals surface area contributed by atoms with E-state index in [4.69, 9.17) is 0 Å². The summed E-state index contributed by atoms with van der Waals surface area (Å²) >= 11 is 0. The van der Waals surface area contributed by atoms with Gasteiger partial charge in [0.25, 0.3) is 5.91 Å². The number of nitrogens with zero attached hydrogens (tertiary/aromatic N) is 3. The summed E-state index contributed by atoms with van der Waals surface area (Å²) in [6, 6.07) is 20.2. The predicted molar refractivity (Wildman–Crippen MR) is 112 cm³/mol. The zero-order valence-corrected chi connectivity index (χ0v) is 16.4. The van der Waals surface area contributed by atoms with Crippen LogP contribution in [-0.4, -0.2) is 28.8 Å². The Bertz CT molecular complexity index is 940. The molecular formula is C23H26N4O. The van der Waals surface area contributed by atoms with Crippen LogP contribution in [0.2, 0.25) is 0 Å². The molecule has 144 valence electrons. The molecule has 4 rings (SSSR count). The molecule has 0 aliphatic carbocycles. The largest absolute Gasteiger partial charge is 0.372 e. The second-order valence-electron chi connectivity index (χ2n) is 7.39. The maximum absolute atomic E-state index is 12.8. The maximum atomic E-state index is 12.8. The summed E-state index contributed by atoms with van der Waals surface area (Å²) in [6.45, 7) is 4.28. The number of aromatic nitrogens is 2. The van der Waals surface area contributed by atoms with Crippen molar-refractivity contribution >= 4 is 11.6 Å². The Balaban J connectivity index is 1.45. The summed E-state index contributed by atoms with van der Waals surface area (Å²) in [6.07, 6.45) is 2.54. The molecule has 0 saturated carbocycles. The van der Waals surface area contributed by atoms with Gasteiger partial charge in [0.2, 0.25) is 0 Å². The molecule has 0 unspecified atom stereocenters. The number of carbonyl (C=O) groups is 1. The minimum absolute atomic E-state index is 0.0739. The summed E-state index contributed by atoms with van der Waals surface area (Å²) < 4.78 is 1.64. The lowest BCUT2D eigenvalue weighted by Crippen LogP contribution is -2.28. The van der Waals surface area contributed by atoms with Gasteiger partial charge in [-0.15, -0.1) is 0 Å². The van der Waals surface area contributed by atoms with Crippen molar-refractivity contribution in [2.75, 3.05) is 18.0 Å². The van der Waals surface area contributed by atoms with Gasteiger partial charge < -0.3 is 10.2 Å². The molecule has 28 heavy (non-hydrogen) atoms. The Kier molecular flexibility index (Phi) is 5.15. The second-order valence-corrected chi connectivity index (χ2v) is 7.39. The molecule has 0 spiro atoms. The Morgan fingerprint density at radius 3 is 2.39 bits per heavy atom. The van der Waals surface area contributed by atoms with E-state index in [0.29, 0.717) is 5.69 Å². The van der Waals surface area contributed by atoms with Crippen molar-refractivity contribution in [2.45, 2.75) is 25.8 Å². The van der Waals surface area contributed by atoms with Crippen LogP contribution in [0.4, 0.5) is 5.69 Å². The van der Waals surface area contributed by atoms with Crippen LogP contribution in [0.3, 0.4) is 0 Å². The van der Waals surface area contributed by atoms with E-state index in [1.54, 1.807) is 11.7 Å². The third kappa shape index (κ3) is 3.79. The van der Waals surface area contributed by atoms with Crippen LogP contribution in [0.25, 0.3) is 11.3 Å². The van der Waals surface area contributed by atoms with Crippen LogP contribution >= 0.6 is 0 Å². The number of benzene rings is 2. The Labute approximate surface area is 166 Å². The van der Waals surface area contributed by atoms with E-state index in [1.165, 1.54) is 18.5 Å². The maximum Gasteiger partial charge on any atom is 0.270 e. The molecule has 2 aromatic carbocycles. The molecule has 1 fully saturated rings. The molecule has 5 heteroatoms. The van der Waals surface area contributed by atoms with Crippen molar-refractivity contribution in [3.63, 3.8) is 0 Å². The predicted octanol–water partition coefficient (Wildman–Crippen LogP) is 4.18. The summed E-state index contributed by atoms with van der Waals surface area (Å²) in [5.41, 5.74) is 4.72. The smallest absolute Gasteiger partial charge is 0.270 e. The van der Waals surface area contributed by atoms with Gasteiger partial charge in [-0.1, -0.05) is 42.5 Å². The van der Waals surface area contributed by atoms with Gasteiger partial charge in [-0.05, 0) is 43.5 Å². The number of nitrogens with one attached hydrogen (secondary N) is 1. The van der Waals surface area contributed by atoms with Gasteiger partial charge in [0.05, 0.1) is 11.7 Å². The second kappa shape index (κ2) is 7.89. The molecular weight excluding hydrogens is 348 g/mol. The van der Waals surface area contributed by atoms with Gasteiger partial charge in [0.15, 0.2) is 0 Å². The van der Waals surface area contributed by atoms with Crippen LogP contribution in [-0.2, 0) is 7.05 Å². The third-order valence-electron chi connectivity index (χ3n) is 5.39. The van der Waals surface area contributed by atoms with Gasteiger partial charge in [-0.3, -0.25) is 9.48 Å². The lowest BCUT2D eigenvalue weighted by Gasteiger charge is -2.19. The Hall–Kier alpha value is -3.08. The van der Waals surface area contributed by atoms with E-state index in [1.807, 2.05) is 43.3 Å². The van der Waals surface area contributed by atoms with Gasteiger partial charge >= 0.3 is 0 Å². The zero-order valence-electron chi connectivity index (χ0n) is 16.4. The number of aryl methyl sites for hydroxylation is 1. The normalized spacial score (nSPS) is 14.9. The van der Waals surface area contributed by atoms with E-state index in [-0.39, 0.29) is 11.9 Å². The van der Waals surface area contributed by atoms with Crippen molar-refractivity contribution in [1.29, 1.82) is 0 Å². The first-order chi connectivity index (χ1) is 13.6. The molecule has 0 radical (unpaired) electrons. The van der Waals surface area contributed by atoms with Crippen LogP contribution in [0.5, 0.6) is 0 Å². The summed E-state index contributed by atoms with van der Waals surface area (Å²) in [7, 11) is 1.80. The molecule has 1 aliphatic rings. The standard InChI is InChI=1S/C23H26N4O/c1-17(18-10-12-20(13-11-18)27-14-6-7-15-27)24-23(28)22-16-21(25-26(22)2)19-8-4-3-5-9-19/h3-5,8-13,16-17H,6-7,14-15H2,1-2H3,(H,24,28)/t17-/m1/s1. The third-order valence-corrected chi connectivity index (χ3v) is 5.39. The molecule has 5 nitrogen and oxygen atoms in total. The fraction of sp³-hybridized carbons (Fsp3) is 0.304. The lowest BCUT2D eigenvalue weighted by atomic mass is 10.1. The fourth-order valence-corrected chi connectivity index (χ4v) is 3.73. The summed E-state index contributed by atoms with van der Waals surface area (Å²) in [4.78, 5) is 15.2. The van der Waals surface area contributed by atoms with Crippen LogP contribution < -0.4 is 10.2 Å². The Morgan fingerprint density at radius 1 is 1.04 bits per heavy atom. The minimum atomic E-state index is -0.117. The van der Waals surface area contributed by atoms with Crippen molar-refractivity contribution in [1.82, 2.24) is 15.1 Å². The van der Waals surface area contributed by atoms with E-state index in [0.717, 1.165) is 29.9 Å². The number of hydrogen-bond donors (Lipinski definition) is 1. The molecule has 1 saturated heterocycles. The first kappa shape index (κ1) is 18.3. The van der Waals surface area contributed by atoms with E-state index < -0.39 is 0 Å². The molecule has 1 aromatic heterocycles. The highest BCUT2D eigenvalue weighted by Crippen LogP contribution is 2.23. The first-order valence-corrected chi connectivity index (χ1v) is 9.87. The van der Waals surface area contributed by atoms with Crippen LogP contribution in [0, 0.1) is 0 Å². The molecule has 2 heterocycles. The topological polar surface area (TPSA) is 50.2 Å². The monoisotopic (exact) mass is 374 g/mol. The number of hydrogen-bond acceptors (Lipinski definition) is 3. The SMILES string of the molecule is C[C@@H](NC(=O)c1cc(-c2ccccc2)nn1C)c1ccc(N2CCCC2)cc1. The highest BCUT2D eigenvalue weighted by Gasteiger charge is 2.18. The van der Waals surface area contributed by atoms with Crippen molar-refractivity contribution < 1.29 is 4.79 Å². The van der Waals surface area contributed by atoms with Crippen LogP contribution in [0.15, 0.2) is 60.7 Å². The van der Waals surface area contributed by atoms with E-state index in [9.17, 15) is 4.79 Å². The quantitative estimate of drug-likeness (QED) is 0.729. The lowest BCUT2D eigenvalue weighted by molar-refractivity contribution is 0.0930. The van der Waals surface area contributed by atoms with Crippen molar-refractivity contribution in [3.8, 4) is 11.3 Å². The summed E-state index contributed by atoms with van der Waals surface area (Å²) in [5, 5.41) is 7.58. The van der Waals surface area contributed by atoms with E-state index in [2.05, 4.69) is 39.6 Å². The summed E-state index contributed by atoms with van der Waals surface area (Å²) in [5.74, 6) is -0.117. The number of amides is 1. The molecule has 1 amide bonds. The Morgan fingerprint density at radius 2 is 1.71 bits per heavy atom. The van der Waals surface area contributed by atoms with Crippen LogP contribution in [0.1, 0.15) is 41.9 Å². The molecule has 1 atom stereocenters. The van der Waals surface area contributed by atoms with E-state index >= 15 is 0 Å².